The van der Waals surface area contributed by atoms with Crippen LogP contribution in [0.25, 0.3) is 0 Å². The van der Waals surface area contributed by atoms with Crippen molar-refractivity contribution in [1.82, 2.24) is 4.90 Å². The molecule has 0 radical (unpaired) electrons. The van der Waals surface area contributed by atoms with Gasteiger partial charge < -0.3 is 10.6 Å². The summed E-state index contributed by atoms with van der Waals surface area (Å²) in [7, 11) is 1.67. The minimum absolute atomic E-state index is 0.0492. The van der Waals surface area contributed by atoms with Crippen LogP contribution in [0.15, 0.2) is 18.2 Å². The van der Waals surface area contributed by atoms with Crippen molar-refractivity contribution in [2.45, 2.75) is 6.92 Å². The van der Waals surface area contributed by atoms with E-state index in [0.29, 0.717) is 27.1 Å². The Morgan fingerprint density at radius 3 is 2.67 bits per heavy atom. The number of nitrogens with two attached hydrogens (primary N) is 1. The SMILES string of the molecule is CC(CN(C)C(=O)c1cc(Cl)ccc1Cl)C(N)=S. The highest BCUT2D eigenvalue weighted by atomic mass is 35.5. The van der Waals surface area contributed by atoms with Crippen LogP contribution in [0.4, 0.5) is 0 Å². The third-order valence-electron chi connectivity index (χ3n) is 2.54. The first kappa shape index (κ1) is 15.2. The molecule has 18 heavy (non-hydrogen) atoms. The zero-order chi connectivity index (χ0) is 13.9. The van der Waals surface area contributed by atoms with Crippen LogP contribution in [-0.4, -0.2) is 29.4 Å². The van der Waals surface area contributed by atoms with Gasteiger partial charge in [-0.2, -0.15) is 0 Å². The van der Waals surface area contributed by atoms with Crippen LogP contribution < -0.4 is 5.73 Å². The average molecular weight is 305 g/mol. The highest BCUT2D eigenvalue weighted by Crippen LogP contribution is 2.22. The standard InChI is InChI=1S/C12H14Cl2N2OS/c1-7(11(15)18)6-16(2)12(17)9-5-8(13)3-4-10(9)14/h3-5,7H,6H2,1-2H3,(H2,15,18). The monoisotopic (exact) mass is 304 g/mol. The van der Waals surface area contributed by atoms with Crippen molar-refractivity contribution in [3.05, 3.63) is 33.8 Å². The highest BCUT2D eigenvalue weighted by Gasteiger charge is 2.18. The number of amides is 1. The minimum atomic E-state index is -0.203. The second-order valence-corrected chi connectivity index (χ2v) is 5.43. The second-order valence-electron chi connectivity index (χ2n) is 4.11. The van der Waals surface area contributed by atoms with E-state index in [4.69, 9.17) is 41.2 Å². The number of hydrogen-bond acceptors (Lipinski definition) is 2. The third kappa shape index (κ3) is 3.83. The van der Waals surface area contributed by atoms with Gasteiger partial charge in [-0.15, -0.1) is 0 Å². The fourth-order valence-electron chi connectivity index (χ4n) is 1.45. The van der Waals surface area contributed by atoms with Crippen molar-refractivity contribution in [3.63, 3.8) is 0 Å². The first-order valence-electron chi connectivity index (χ1n) is 5.32. The summed E-state index contributed by atoms with van der Waals surface area (Å²) in [6.45, 7) is 2.31. The largest absolute Gasteiger partial charge is 0.393 e. The Hall–Kier alpha value is -0.840. The molecule has 1 amide bonds. The molecule has 0 heterocycles. The van der Waals surface area contributed by atoms with Crippen LogP contribution in [-0.2, 0) is 0 Å². The lowest BCUT2D eigenvalue weighted by atomic mass is 10.1. The van der Waals surface area contributed by atoms with Gasteiger partial charge in [0.15, 0.2) is 0 Å². The molecule has 98 valence electrons. The zero-order valence-electron chi connectivity index (χ0n) is 10.1. The van der Waals surface area contributed by atoms with Gasteiger partial charge in [-0.05, 0) is 18.2 Å². The Morgan fingerprint density at radius 1 is 1.50 bits per heavy atom. The Morgan fingerprint density at radius 2 is 2.11 bits per heavy atom. The molecule has 1 aromatic rings. The van der Waals surface area contributed by atoms with E-state index in [1.807, 2.05) is 6.92 Å². The number of hydrogen-bond donors (Lipinski definition) is 1. The summed E-state index contributed by atoms with van der Waals surface area (Å²) in [4.78, 5) is 14.1. The van der Waals surface area contributed by atoms with Crippen molar-refractivity contribution in [2.24, 2.45) is 11.7 Å². The van der Waals surface area contributed by atoms with E-state index in [0.717, 1.165) is 0 Å². The van der Waals surface area contributed by atoms with Gasteiger partial charge in [-0.25, -0.2) is 0 Å². The Kier molecular flexibility index (Phi) is 5.38. The third-order valence-corrected chi connectivity index (χ3v) is 3.51. The van der Waals surface area contributed by atoms with Crippen molar-refractivity contribution < 1.29 is 4.79 Å². The summed E-state index contributed by atoms with van der Waals surface area (Å²) >= 11 is 16.7. The quantitative estimate of drug-likeness (QED) is 0.870. The number of thiocarbonyl (C=S) groups is 1. The highest BCUT2D eigenvalue weighted by molar-refractivity contribution is 7.80. The number of rotatable bonds is 4. The summed E-state index contributed by atoms with van der Waals surface area (Å²) in [5.41, 5.74) is 5.90. The van der Waals surface area contributed by atoms with E-state index in [1.54, 1.807) is 25.2 Å². The molecule has 0 saturated heterocycles. The van der Waals surface area contributed by atoms with E-state index < -0.39 is 0 Å². The van der Waals surface area contributed by atoms with E-state index in [9.17, 15) is 4.79 Å². The van der Waals surface area contributed by atoms with Gasteiger partial charge in [0.1, 0.15) is 0 Å². The van der Waals surface area contributed by atoms with Crippen LogP contribution in [0.5, 0.6) is 0 Å². The Balaban J connectivity index is 2.86. The van der Waals surface area contributed by atoms with Gasteiger partial charge in [-0.1, -0.05) is 42.3 Å². The number of carbonyl (C=O) groups excluding carboxylic acids is 1. The Bertz CT molecular complexity index is 479. The van der Waals surface area contributed by atoms with Gasteiger partial charge in [0.25, 0.3) is 5.91 Å². The lowest BCUT2D eigenvalue weighted by Gasteiger charge is -2.21. The van der Waals surface area contributed by atoms with Crippen LogP contribution in [0, 0.1) is 5.92 Å². The Labute approximate surface area is 122 Å². The summed E-state index contributed by atoms with van der Waals surface area (Å²) in [6.07, 6.45) is 0. The van der Waals surface area contributed by atoms with Crippen LogP contribution in [0.2, 0.25) is 10.0 Å². The molecule has 1 rings (SSSR count). The van der Waals surface area contributed by atoms with E-state index in [1.165, 1.54) is 4.90 Å². The average Bonchev–Trinajstić information content (AvgIpc) is 2.31. The fourth-order valence-corrected chi connectivity index (χ4v) is 1.90. The van der Waals surface area contributed by atoms with Gasteiger partial charge in [-0.3, -0.25) is 4.79 Å². The summed E-state index contributed by atoms with van der Waals surface area (Å²) in [5.74, 6) is -0.252. The number of halogens is 2. The smallest absolute Gasteiger partial charge is 0.255 e. The topological polar surface area (TPSA) is 46.3 Å². The molecule has 6 heteroatoms. The van der Waals surface area contributed by atoms with Crippen LogP contribution >= 0.6 is 35.4 Å². The van der Waals surface area contributed by atoms with Gasteiger partial charge >= 0.3 is 0 Å². The fraction of sp³-hybridized carbons (Fsp3) is 0.333. The first-order chi connectivity index (χ1) is 8.32. The maximum Gasteiger partial charge on any atom is 0.255 e. The minimum Gasteiger partial charge on any atom is -0.393 e. The normalized spacial score (nSPS) is 12.0. The van der Waals surface area contributed by atoms with Gasteiger partial charge in [0.2, 0.25) is 0 Å². The molecule has 1 aromatic carbocycles. The van der Waals surface area contributed by atoms with E-state index in [2.05, 4.69) is 0 Å². The molecule has 0 aliphatic carbocycles. The maximum absolute atomic E-state index is 12.2. The van der Waals surface area contributed by atoms with Crippen molar-refractivity contribution in [1.29, 1.82) is 0 Å². The van der Waals surface area contributed by atoms with Crippen LogP contribution in [0.3, 0.4) is 0 Å². The summed E-state index contributed by atoms with van der Waals surface area (Å²) in [5, 5.41) is 0.845. The van der Waals surface area contributed by atoms with Gasteiger partial charge in [0, 0.05) is 24.5 Å². The first-order valence-corrected chi connectivity index (χ1v) is 6.49. The molecule has 3 nitrogen and oxygen atoms in total. The molecule has 0 aliphatic rings. The number of carbonyl (C=O) groups is 1. The van der Waals surface area contributed by atoms with Crippen molar-refractivity contribution >= 4 is 46.3 Å². The zero-order valence-corrected chi connectivity index (χ0v) is 12.4. The summed E-state index contributed by atoms with van der Waals surface area (Å²) < 4.78 is 0. The second kappa shape index (κ2) is 6.36. The lowest BCUT2D eigenvalue weighted by molar-refractivity contribution is 0.0787. The molecular formula is C12H14Cl2N2OS. The number of nitrogens with zero attached hydrogens (tertiary/aromatic N) is 1. The van der Waals surface area contributed by atoms with E-state index in [-0.39, 0.29) is 11.8 Å². The van der Waals surface area contributed by atoms with Gasteiger partial charge in [0.05, 0.1) is 15.6 Å². The molecule has 0 saturated carbocycles. The molecule has 0 aliphatic heterocycles. The van der Waals surface area contributed by atoms with E-state index >= 15 is 0 Å². The van der Waals surface area contributed by atoms with Crippen molar-refractivity contribution in [3.8, 4) is 0 Å². The number of benzene rings is 1. The molecular weight excluding hydrogens is 291 g/mol. The molecule has 0 fully saturated rings. The molecule has 1 unspecified atom stereocenters. The molecule has 0 aromatic heterocycles. The molecule has 1 atom stereocenters. The van der Waals surface area contributed by atoms with Crippen LogP contribution in [0.1, 0.15) is 17.3 Å². The predicted molar refractivity (Wildman–Crippen MR) is 79.4 cm³/mol. The maximum atomic E-state index is 12.2. The summed E-state index contributed by atoms with van der Waals surface area (Å²) in [6, 6.07) is 4.79. The molecule has 0 spiro atoms. The molecule has 2 N–H and O–H groups in total. The van der Waals surface area contributed by atoms with Crippen molar-refractivity contribution in [2.75, 3.05) is 13.6 Å². The lowest BCUT2D eigenvalue weighted by Crippen LogP contribution is -2.35. The molecule has 0 bridgehead atoms. The predicted octanol–water partition coefficient (Wildman–Crippen LogP) is 2.99.